The summed E-state index contributed by atoms with van der Waals surface area (Å²) in [5, 5.41) is 7.76. The smallest absolute Gasteiger partial charge is 0.321 e. The summed E-state index contributed by atoms with van der Waals surface area (Å²) < 4.78 is 16.0. The molecule has 0 aliphatic heterocycles. The monoisotopic (exact) mass is 396 g/mol. The topological polar surface area (TPSA) is 77.6 Å². The van der Waals surface area contributed by atoms with Gasteiger partial charge in [0.15, 0.2) is 0 Å². The van der Waals surface area contributed by atoms with Crippen LogP contribution in [0.15, 0.2) is 72.0 Å². The Bertz CT molecular complexity index is 1150. The SMILES string of the molecule is O=c1nc(Nc2cnn(-c3ccc(F)cc3)c2)ncn1Cc1ccc(Cl)cc1. The van der Waals surface area contributed by atoms with E-state index in [1.807, 2.05) is 12.1 Å². The Labute approximate surface area is 164 Å². The number of rotatable bonds is 5. The lowest BCUT2D eigenvalue weighted by molar-refractivity contribution is 0.627. The maximum atomic E-state index is 13.0. The second kappa shape index (κ2) is 7.61. The van der Waals surface area contributed by atoms with Crippen LogP contribution in [0.1, 0.15) is 5.56 Å². The van der Waals surface area contributed by atoms with E-state index >= 15 is 0 Å². The zero-order valence-electron chi connectivity index (χ0n) is 14.5. The van der Waals surface area contributed by atoms with E-state index in [1.54, 1.807) is 41.3 Å². The zero-order valence-corrected chi connectivity index (χ0v) is 15.2. The molecule has 9 heteroatoms. The van der Waals surface area contributed by atoms with Gasteiger partial charge in [-0.1, -0.05) is 23.7 Å². The third-order valence-corrected chi connectivity index (χ3v) is 4.21. The molecule has 140 valence electrons. The van der Waals surface area contributed by atoms with Gasteiger partial charge in [0.05, 0.1) is 30.3 Å². The molecule has 1 N–H and O–H groups in total. The van der Waals surface area contributed by atoms with E-state index in [9.17, 15) is 9.18 Å². The Morgan fingerprint density at radius 3 is 2.54 bits per heavy atom. The molecular weight excluding hydrogens is 383 g/mol. The Morgan fingerprint density at radius 2 is 1.82 bits per heavy atom. The van der Waals surface area contributed by atoms with E-state index in [0.717, 1.165) is 5.56 Å². The summed E-state index contributed by atoms with van der Waals surface area (Å²) in [6, 6.07) is 13.1. The minimum absolute atomic E-state index is 0.163. The minimum atomic E-state index is -0.432. The number of aromatic nitrogens is 5. The van der Waals surface area contributed by atoms with Crippen molar-refractivity contribution in [3.63, 3.8) is 0 Å². The van der Waals surface area contributed by atoms with Crippen LogP contribution >= 0.6 is 11.6 Å². The summed E-state index contributed by atoms with van der Waals surface area (Å²) in [5.41, 5.74) is 1.78. The molecule has 0 amide bonds. The van der Waals surface area contributed by atoms with Crippen molar-refractivity contribution in [2.45, 2.75) is 6.54 Å². The summed E-state index contributed by atoms with van der Waals surface area (Å²) >= 11 is 5.87. The number of nitrogens with one attached hydrogen (secondary N) is 1. The highest BCUT2D eigenvalue weighted by Crippen LogP contribution is 2.15. The van der Waals surface area contributed by atoms with E-state index in [0.29, 0.717) is 22.9 Å². The van der Waals surface area contributed by atoms with Crippen LogP contribution in [0.2, 0.25) is 5.02 Å². The van der Waals surface area contributed by atoms with E-state index in [4.69, 9.17) is 11.6 Å². The molecule has 2 heterocycles. The van der Waals surface area contributed by atoms with E-state index < -0.39 is 5.69 Å². The first-order valence-electron chi connectivity index (χ1n) is 8.32. The molecule has 4 aromatic rings. The number of hydrogen-bond donors (Lipinski definition) is 1. The lowest BCUT2D eigenvalue weighted by atomic mass is 10.2. The predicted octanol–water partition coefficient (Wildman–Crippen LogP) is 3.41. The lowest BCUT2D eigenvalue weighted by Crippen LogP contribution is -2.24. The van der Waals surface area contributed by atoms with E-state index in [-0.39, 0.29) is 11.8 Å². The van der Waals surface area contributed by atoms with Crippen LogP contribution in [0, 0.1) is 5.82 Å². The predicted molar refractivity (Wildman–Crippen MR) is 104 cm³/mol. The molecule has 0 saturated carbocycles. The van der Waals surface area contributed by atoms with Crippen molar-refractivity contribution in [1.82, 2.24) is 24.3 Å². The van der Waals surface area contributed by atoms with Crippen LogP contribution in [0.3, 0.4) is 0 Å². The van der Waals surface area contributed by atoms with Crippen molar-refractivity contribution in [3.8, 4) is 5.69 Å². The van der Waals surface area contributed by atoms with Gasteiger partial charge in [-0.25, -0.2) is 18.9 Å². The summed E-state index contributed by atoms with van der Waals surface area (Å²) in [4.78, 5) is 20.4. The molecule has 0 aliphatic carbocycles. The first-order valence-corrected chi connectivity index (χ1v) is 8.70. The zero-order chi connectivity index (χ0) is 19.5. The highest BCUT2D eigenvalue weighted by molar-refractivity contribution is 6.30. The molecule has 0 bridgehead atoms. The minimum Gasteiger partial charge on any atom is -0.321 e. The fourth-order valence-electron chi connectivity index (χ4n) is 2.56. The van der Waals surface area contributed by atoms with Crippen LogP contribution in [-0.4, -0.2) is 24.3 Å². The third-order valence-electron chi connectivity index (χ3n) is 3.96. The molecule has 0 aliphatic rings. The van der Waals surface area contributed by atoms with Gasteiger partial charge in [0, 0.05) is 5.02 Å². The van der Waals surface area contributed by atoms with Gasteiger partial charge in [-0.2, -0.15) is 10.1 Å². The standard InChI is InChI=1S/C19H14ClFN6O/c20-14-3-1-13(2-4-14)10-26-12-22-18(25-19(26)28)24-16-9-23-27(11-16)17-7-5-15(21)6-8-17/h1-9,11-12H,10H2,(H,24,25,28). The molecule has 4 rings (SSSR count). The van der Waals surface area contributed by atoms with Crippen molar-refractivity contribution in [2.75, 3.05) is 5.32 Å². The number of benzene rings is 2. The molecular formula is C19H14ClFN6O. The van der Waals surface area contributed by atoms with Crippen LogP contribution in [0.4, 0.5) is 16.0 Å². The van der Waals surface area contributed by atoms with Crippen molar-refractivity contribution in [2.24, 2.45) is 0 Å². The van der Waals surface area contributed by atoms with Crippen molar-refractivity contribution in [3.05, 3.63) is 94.1 Å². The Hall–Kier alpha value is -3.52. The molecule has 0 atom stereocenters. The summed E-state index contributed by atoms with van der Waals surface area (Å²) in [6.07, 6.45) is 4.68. The van der Waals surface area contributed by atoms with Crippen LogP contribution in [0.25, 0.3) is 5.69 Å². The normalized spacial score (nSPS) is 10.8. The summed E-state index contributed by atoms with van der Waals surface area (Å²) in [7, 11) is 0. The highest BCUT2D eigenvalue weighted by Gasteiger charge is 2.06. The van der Waals surface area contributed by atoms with Crippen molar-refractivity contribution < 1.29 is 4.39 Å². The summed E-state index contributed by atoms with van der Waals surface area (Å²) in [6.45, 7) is 0.346. The molecule has 0 spiro atoms. The maximum Gasteiger partial charge on any atom is 0.352 e. The van der Waals surface area contributed by atoms with E-state index in [2.05, 4.69) is 20.4 Å². The van der Waals surface area contributed by atoms with Gasteiger partial charge in [0.25, 0.3) is 0 Å². The lowest BCUT2D eigenvalue weighted by Gasteiger charge is -2.06. The average molecular weight is 397 g/mol. The second-order valence-corrected chi connectivity index (χ2v) is 6.43. The number of anilines is 2. The van der Waals surface area contributed by atoms with Gasteiger partial charge >= 0.3 is 5.69 Å². The fraction of sp³-hybridized carbons (Fsp3) is 0.0526. The Kier molecular flexibility index (Phi) is 4.86. The Morgan fingerprint density at radius 1 is 1.07 bits per heavy atom. The fourth-order valence-corrected chi connectivity index (χ4v) is 2.69. The van der Waals surface area contributed by atoms with Gasteiger partial charge in [-0.3, -0.25) is 4.57 Å². The maximum absolute atomic E-state index is 13.0. The van der Waals surface area contributed by atoms with Crippen LogP contribution < -0.4 is 11.0 Å². The van der Waals surface area contributed by atoms with Crippen LogP contribution in [0.5, 0.6) is 0 Å². The summed E-state index contributed by atoms with van der Waals surface area (Å²) in [5.74, 6) is -0.155. The molecule has 0 unspecified atom stereocenters. The van der Waals surface area contributed by atoms with Gasteiger partial charge in [-0.05, 0) is 42.0 Å². The molecule has 2 aromatic carbocycles. The van der Waals surface area contributed by atoms with E-state index in [1.165, 1.54) is 23.0 Å². The first-order chi connectivity index (χ1) is 13.6. The largest absolute Gasteiger partial charge is 0.352 e. The molecule has 0 fully saturated rings. The molecule has 2 aromatic heterocycles. The van der Waals surface area contributed by atoms with Gasteiger partial charge < -0.3 is 5.32 Å². The number of halogens is 2. The van der Waals surface area contributed by atoms with Crippen LogP contribution in [-0.2, 0) is 6.54 Å². The van der Waals surface area contributed by atoms with Gasteiger partial charge in [0.2, 0.25) is 5.95 Å². The molecule has 28 heavy (non-hydrogen) atoms. The number of hydrogen-bond acceptors (Lipinski definition) is 5. The second-order valence-electron chi connectivity index (χ2n) is 5.99. The molecule has 7 nitrogen and oxygen atoms in total. The first kappa shape index (κ1) is 17.9. The van der Waals surface area contributed by atoms with Crippen molar-refractivity contribution >= 4 is 23.2 Å². The molecule has 0 saturated heterocycles. The third kappa shape index (κ3) is 4.07. The average Bonchev–Trinajstić information content (AvgIpc) is 3.15. The highest BCUT2D eigenvalue weighted by atomic mass is 35.5. The number of nitrogens with zero attached hydrogens (tertiary/aromatic N) is 5. The Balaban J connectivity index is 1.48. The quantitative estimate of drug-likeness (QED) is 0.559. The molecule has 0 radical (unpaired) electrons. The van der Waals surface area contributed by atoms with Gasteiger partial charge in [-0.15, -0.1) is 0 Å². The van der Waals surface area contributed by atoms with Gasteiger partial charge in [0.1, 0.15) is 12.1 Å². The van der Waals surface area contributed by atoms with Crippen molar-refractivity contribution in [1.29, 1.82) is 0 Å².